The van der Waals surface area contributed by atoms with E-state index in [0.29, 0.717) is 5.75 Å². The number of rotatable bonds is 6. The van der Waals surface area contributed by atoms with Gasteiger partial charge in [-0.1, -0.05) is 0 Å². The number of hydrogen-bond donors (Lipinski definition) is 1. The van der Waals surface area contributed by atoms with E-state index < -0.39 is 7.82 Å². The van der Waals surface area contributed by atoms with Crippen LogP contribution in [0.5, 0.6) is 11.5 Å². The second-order valence-corrected chi connectivity index (χ2v) is 5.84. The zero-order chi connectivity index (χ0) is 13.8. The maximum absolute atomic E-state index is 12.4. The lowest BCUT2D eigenvalue weighted by Gasteiger charge is -2.22. The van der Waals surface area contributed by atoms with Crippen LogP contribution in [0.4, 0.5) is 0 Å². The fourth-order valence-electron chi connectivity index (χ4n) is 1.22. The van der Waals surface area contributed by atoms with Crippen molar-refractivity contribution in [1.82, 2.24) is 0 Å². The highest BCUT2D eigenvalue weighted by Gasteiger charge is 2.31. The molecule has 0 aliphatic carbocycles. The van der Waals surface area contributed by atoms with Gasteiger partial charge in [0.05, 0.1) is 12.2 Å². The van der Waals surface area contributed by atoms with Crippen LogP contribution < -0.4 is 4.52 Å². The summed E-state index contributed by atoms with van der Waals surface area (Å²) in [4.78, 5) is 0. The number of phenolic OH excluding ortho intramolecular Hbond substituents is 1. The van der Waals surface area contributed by atoms with Crippen LogP contribution in [-0.2, 0) is 13.6 Å². The molecule has 0 heterocycles. The molecular formula is C12H19O5P. The number of phosphoric acid groups is 1. The Morgan fingerprint density at radius 3 is 1.83 bits per heavy atom. The van der Waals surface area contributed by atoms with Gasteiger partial charge in [-0.3, -0.25) is 9.05 Å². The predicted octanol–water partition coefficient (Wildman–Crippen LogP) is 3.73. The Bertz CT molecular complexity index is 399. The summed E-state index contributed by atoms with van der Waals surface area (Å²) in [5.41, 5.74) is 0. The lowest BCUT2D eigenvalue weighted by molar-refractivity contribution is 0.103. The molecule has 1 N–H and O–H groups in total. The van der Waals surface area contributed by atoms with Crippen molar-refractivity contribution in [2.24, 2.45) is 0 Å². The molecule has 0 amide bonds. The number of phenols is 1. The van der Waals surface area contributed by atoms with Crippen LogP contribution in [0, 0.1) is 0 Å². The van der Waals surface area contributed by atoms with Crippen molar-refractivity contribution in [2.75, 3.05) is 0 Å². The third-order valence-corrected chi connectivity index (χ3v) is 3.53. The van der Waals surface area contributed by atoms with E-state index in [2.05, 4.69) is 0 Å². The van der Waals surface area contributed by atoms with Gasteiger partial charge in [-0.05, 0) is 52.0 Å². The Morgan fingerprint density at radius 1 is 1.00 bits per heavy atom. The minimum atomic E-state index is -3.65. The van der Waals surface area contributed by atoms with Gasteiger partial charge in [-0.25, -0.2) is 4.57 Å². The minimum absolute atomic E-state index is 0.103. The molecule has 102 valence electrons. The maximum atomic E-state index is 12.4. The average Bonchev–Trinajstić information content (AvgIpc) is 2.18. The van der Waals surface area contributed by atoms with Gasteiger partial charge in [-0.15, -0.1) is 0 Å². The van der Waals surface area contributed by atoms with Gasteiger partial charge in [0, 0.05) is 0 Å². The first-order valence-electron chi connectivity index (χ1n) is 5.76. The highest BCUT2D eigenvalue weighted by atomic mass is 31.2. The van der Waals surface area contributed by atoms with Crippen molar-refractivity contribution in [2.45, 2.75) is 39.9 Å². The molecule has 0 fully saturated rings. The van der Waals surface area contributed by atoms with Crippen molar-refractivity contribution in [3.05, 3.63) is 24.3 Å². The predicted molar refractivity (Wildman–Crippen MR) is 68.8 cm³/mol. The van der Waals surface area contributed by atoms with Gasteiger partial charge in [0.1, 0.15) is 11.5 Å². The van der Waals surface area contributed by atoms with E-state index in [1.165, 1.54) is 24.3 Å². The number of phosphoric ester groups is 1. The van der Waals surface area contributed by atoms with Crippen molar-refractivity contribution in [3.8, 4) is 11.5 Å². The van der Waals surface area contributed by atoms with Gasteiger partial charge in [0.15, 0.2) is 0 Å². The quantitative estimate of drug-likeness (QED) is 0.801. The van der Waals surface area contributed by atoms with Gasteiger partial charge >= 0.3 is 7.82 Å². The zero-order valence-corrected chi connectivity index (χ0v) is 11.9. The molecule has 0 radical (unpaired) electrons. The van der Waals surface area contributed by atoms with E-state index in [0.717, 1.165) is 0 Å². The molecule has 0 spiro atoms. The van der Waals surface area contributed by atoms with E-state index in [4.69, 9.17) is 18.7 Å². The standard InChI is InChI=1S/C12H19O5P/c1-9(2)15-18(14,16-10(3)4)17-12-7-5-11(13)6-8-12/h5-10,13H,1-4H3. The number of aromatic hydroxyl groups is 1. The lowest BCUT2D eigenvalue weighted by Crippen LogP contribution is -2.11. The van der Waals surface area contributed by atoms with E-state index in [9.17, 15) is 4.57 Å². The molecule has 0 atom stereocenters. The molecule has 1 rings (SSSR count). The largest absolute Gasteiger partial charge is 0.530 e. The summed E-state index contributed by atoms with van der Waals surface area (Å²) in [6.45, 7) is 6.99. The first-order valence-corrected chi connectivity index (χ1v) is 7.22. The van der Waals surface area contributed by atoms with Gasteiger partial charge < -0.3 is 9.63 Å². The second-order valence-electron chi connectivity index (χ2n) is 4.34. The van der Waals surface area contributed by atoms with Crippen molar-refractivity contribution < 1.29 is 23.2 Å². The molecule has 0 unspecified atom stereocenters. The first kappa shape index (κ1) is 15.0. The first-order chi connectivity index (χ1) is 8.31. The van der Waals surface area contributed by atoms with Crippen LogP contribution in [-0.4, -0.2) is 17.3 Å². The summed E-state index contributed by atoms with van der Waals surface area (Å²) in [5.74, 6) is 0.421. The summed E-state index contributed by atoms with van der Waals surface area (Å²) in [6.07, 6.45) is -0.571. The van der Waals surface area contributed by atoms with Crippen molar-refractivity contribution in [1.29, 1.82) is 0 Å². The Labute approximate surface area is 107 Å². The fraction of sp³-hybridized carbons (Fsp3) is 0.500. The molecular weight excluding hydrogens is 255 g/mol. The monoisotopic (exact) mass is 274 g/mol. The van der Waals surface area contributed by atoms with E-state index in [-0.39, 0.29) is 18.0 Å². The SMILES string of the molecule is CC(C)OP(=O)(Oc1ccc(O)cc1)OC(C)C. The van der Waals surface area contributed by atoms with Gasteiger partial charge in [-0.2, -0.15) is 0 Å². The third-order valence-electron chi connectivity index (χ3n) is 1.73. The molecule has 0 aliphatic heterocycles. The fourth-order valence-corrected chi connectivity index (χ4v) is 2.77. The molecule has 5 nitrogen and oxygen atoms in total. The summed E-state index contributed by atoms with van der Waals surface area (Å²) in [5, 5.41) is 9.16. The van der Waals surface area contributed by atoms with Crippen LogP contribution in [0.1, 0.15) is 27.7 Å². The number of benzene rings is 1. The minimum Gasteiger partial charge on any atom is -0.508 e. The Hall–Kier alpha value is -1.03. The Balaban J connectivity index is 2.84. The molecule has 0 aromatic heterocycles. The van der Waals surface area contributed by atoms with Gasteiger partial charge in [0.2, 0.25) is 0 Å². The molecule has 0 aliphatic rings. The molecule has 0 bridgehead atoms. The van der Waals surface area contributed by atoms with Crippen LogP contribution in [0.15, 0.2) is 24.3 Å². The number of hydrogen-bond acceptors (Lipinski definition) is 5. The molecule has 18 heavy (non-hydrogen) atoms. The molecule has 0 saturated heterocycles. The molecule has 1 aromatic carbocycles. The van der Waals surface area contributed by atoms with Crippen LogP contribution in [0.25, 0.3) is 0 Å². The topological polar surface area (TPSA) is 65.0 Å². The Kier molecular flexibility index (Phi) is 5.20. The molecule has 6 heteroatoms. The molecule has 0 saturated carbocycles. The smallest absolute Gasteiger partial charge is 0.508 e. The van der Waals surface area contributed by atoms with Gasteiger partial charge in [0.25, 0.3) is 0 Å². The average molecular weight is 274 g/mol. The normalized spacial score (nSPS) is 12.1. The highest BCUT2D eigenvalue weighted by Crippen LogP contribution is 2.51. The van der Waals surface area contributed by atoms with Crippen molar-refractivity contribution >= 4 is 7.82 Å². The lowest BCUT2D eigenvalue weighted by atomic mass is 10.3. The van der Waals surface area contributed by atoms with Crippen LogP contribution in [0.2, 0.25) is 0 Å². The second kappa shape index (κ2) is 6.23. The summed E-state index contributed by atoms with van der Waals surface area (Å²) in [7, 11) is -3.65. The van der Waals surface area contributed by atoms with E-state index in [1.54, 1.807) is 27.7 Å². The molecule has 1 aromatic rings. The van der Waals surface area contributed by atoms with Crippen LogP contribution in [0.3, 0.4) is 0 Å². The van der Waals surface area contributed by atoms with Crippen LogP contribution >= 0.6 is 7.82 Å². The van der Waals surface area contributed by atoms with E-state index >= 15 is 0 Å². The van der Waals surface area contributed by atoms with Crippen molar-refractivity contribution in [3.63, 3.8) is 0 Å². The van der Waals surface area contributed by atoms with E-state index in [1.807, 2.05) is 0 Å². The Morgan fingerprint density at radius 2 is 1.44 bits per heavy atom. The highest BCUT2D eigenvalue weighted by molar-refractivity contribution is 7.49. The third kappa shape index (κ3) is 5.08. The summed E-state index contributed by atoms with van der Waals surface area (Å²) in [6, 6.07) is 5.86. The summed E-state index contributed by atoms with van der Waals surface area (Å²) < 4.78 is 28.1. The zero-order valence-electron chi connectivity index (χ0n) is 11.0. The summed E-state index contributed by atoms with van der Waals surface area (Å²) >= 11 is 0. The maximum Gasteiger partial charge on any atom is 0.530 e.